The van der Waals surface area contributed by atoms with Gasteiger partial charge in [-0.25, -0.2) is 4.98 Å². The Morgan fingerprint density at radius 2 is 2.47 bits per heavy atom. The normalized spacial score (nSPS) is 10.4. The second-order valence-corrected chi connectivity index (χ2v) is 3.92. The minimum atomic E-state index is -0.830. The summed E-state index contributed by atoms with van der Waals surface area (Å²) in [4.78, 5) is 15.5. The number of hydrogen-bond donors (Lipinski definition) is 2. The number of hydrogen-bond acceptors (Lipinski definition) is 4. The molecule has 2 aromatic rings. The number of nitrogens with one attached hydrogen (secondary N) is 1. The van der Waals surface area contributed by atoms with Crippen LogP contribution in [0.3, 0.4) is 0 Å². The van der Waals surface area contributed by atoms with Gasteiger partial charge in [-0.3, -0.25) is 9.89 Å². The van der Waals surface area contributed by atoms with Gasteiger partial charge in [-0.15, -0.1) is 11.3 Å². The summed E-state index contributed by atoms with van der Waals surface area (Å²) in [6.07, 6.45) is 0.451. The monoisotopic (exact) mass is 223 g/mol. The summed E-state index contributed by atoms with van der Waals surface area (Å²) >= 11 is 1.55. The van der Waals surface area contributed by atoms with Gasteiger partial charge in [-0.05, 0) is 11.4 Å². The molecule has 0 aliphatic rings. The van der Waals surface area contributed by atoms with Gasteiger partial charge in [0.1, 0.15) is 5.82 Å². The van der Waals surface area contributed by atoms with Gasteiger partial charge in [0.25, 0.3) is 0 Å². The van der Waals surface area contributed by atoms with E-state index in [4.69, 9.17) is 5.11 Å². The smallest absolute Gasteiger partial charge is 0.303 e. The predicted molar refractivity (Wildman–Crippen MR) is 55.7 cm³/mol. The molecule has 15 heavy (non-hydrogen) atoms. The molecule has 2 rings (SSSR count). The first kappa shape index (κ1) is 9.85. The number of thiophene rings is 1. The average molecular weight is 223 g/mol. The van der Waals surface area contributed by atoms with Gasteiger partial charge >= 0.3 is 5.97 Å². The Kier molecular flexibility index (Phi) is 2.77. The Labute approximate surface area is 89.8 Å². The lowest BCUT2D eigenvalue weighted by Crippen LogP contribution is -1.98. The van der Waals surface area contributed by atoms with E-state index in [9.17, 15) is 4.79 Å². The van der Waals surface area contributed by atoms with E-state index < -0.39 is 5.97 Å². The van der Waals surface area contributed by atoms with E-state index in [1.165, 1.54) is 0 Å². The zero-order valence-electron chi connectivity index (χ0n) is 7.80. The van der Waals surface area contributed by atoms with E-state index >= 15 is 0 Å². The molecular weight excluding hydrogens is 214 g/mol. The number of rotatable bonds is 4. The quantitative estimate of drug-likeness (QED) is 0.824. The van der Waals surface area contributed by atoms with Crippen LogP contribution < -0.4 is 0 Å². The molecule has 0 aromatic carbocycles. The summed E-state index contributed by atoms with van der Waals surface area (Å²) in [5.74, 6) is 0.412. The van der Waals surface area contributed by atoms with Crippen LogP contribution in [-0.4, -0.2) is 26.3 Å². The molecule has 0 spiro atoms. The second-order valence-electron chi connectivity index (χ2n) is 2.98. The predicted octanol–water partition coefficient (Wildman–Crippen LogP) is 1.55. The van der Waals surface area contributed by atoms with Crippen molar-refractivity contribution in [2.45, 2.75) is 12.8 Å². The number of H-pyrrole nitrogens is 1. The summed E-state index contributed by atoms with van der Waals surface area (Å²) in [7, 11) is 0. The van der Waals surface area contributed by atoms with Crippen LogP contribution in [0, 0.1) is 0 Å². The maximum atomic E-state index is 10.3. The molecule has 2 heterocycles. The fourth-order valence-corrected chi connectivity index (χ4v) is 1.81. The van der Waals surface area contributed by atoms with Gasteiger partial charge in [0.15, 0.2) is 5.82 Å². The van der Waals surface area contributed by atoms with E-state index in [1.807, 2.05) is 17.5 Å². The van der Waals surface area contributed by atoms with Gasteiger partial charge in [0.2, 0.25) is 0 Å². The number of nitrogens with zero attached hydrogens (tertiary/aromatic N) is 2. The van der Waals surface area contributed by atoms with Gasteiger partial charge in [-0.2, -0.15) is 5.10 Å². The highest BCUT2D eigenvalue weighted by Gasteiger charge is 2.07. The molecule has 2 aromatic heterocycles. The second kappa shape index (κ2) is 4.22. The minimum Gasteiger partial charge on any atom is -0.481 e. The number of aromatic amines is 1. The molecular formula is C9H9N3O2S. The third-order valence-electron chi connectivity index (χ3n) is 1.85. The maximum Gasteiger partial charge on any atom is 0.303 e. The number of aliphatic carboxylic acids is 1. The van der Waals surface area contributed by atoms with Gasteiger partial charge in [0, 0.05) is 6.42 Å². The average Bonchev–Trinajstić information content (AvgIpc) is 2.85. The fourth-order valence-electron chi connectivity index (χ4n) is 1.15. The largest absolute Gasteiger partial charge is 0.481 e. The number of carboxylic acids is 1. The Bertz CT molecular complexity index is 450. The first-order chi connectivity index (χ1) is 7.25. The summed E-state index contributed by atoms with van der Waals surface area (Å²) in [5.41, 5.74) is 0. The molecule has 6 heteroatoms. The summed E-state index contributed by atoms with van der Waals surface area (Å²) in [6.45, 7) is 0. The Morgan fingerprint density at radius 1 is 1.60 bits per heavy atom. The number of aromatic nitrogens is 3. The first-order valence-electron chi connectivity index (χ1n) is 4.42. The summed E-state index contributed by atoms with van der Waals surface area (Å²) < 4.78 is 0. The van der Waals surface area contributed by atoms with E-state index in [0.29, 0.717) is 18.1 Å². The van der Waals surface area contributed by atoms with E-state index in [-0.39, 0.29) is 6.42 Å². The van der Waals surface area contributed by atoms with Crippen molar-refractivity contribution >= 4 is 17.3 Å². The van der Waals surface area contributed by atoms with Crippen LogP contribution in [0.15, 0.2) is 17.5 Å². The van der Waals surface area contributed by atoms with Crippen LogP contribution in [0.1, 0.15) is 12.2 Å². The molecule has 5 nitrogen and oxygen atoms in total. The Morgan fingerprint density at radius 3 is 3.13 bits per heavy atom. The molecule has 0 radical (unpaired) electrons. The highest BCUT2D eigenvalue weighted by Crippen LogP contribution is 2.20. The molecule has 0 amide bonds. The van der Waals surface area contributed by atoms with Crippen molar-refractivity contribution in [2.75, 3.05) is 0 Å². The molecule has 0 unspecified atom stereocenters. The number of carbonyl (C=O) groups is 1. The fraction of sp³-hybridized carbons (Fsp3) is 0.222. The van der Waals surface area contributed by atoms with Gasteiger partial charge in [-0.1, -0.05) is 6.07 Å². The van der Waals surface area contributed by atoms with Crippen LogP contribution in [0.2, 0.25) is 0 Å². The number of aryl methyl sites for hydroxylation is 1. The van der Waals surface area contributed by atoms with Crippen LogP contribution in [0.5, 0.6) is 0 Å². The standard InChI is InChI=1S/C9H9N3O2S/c13-8(14)4-3-7-10-9(12-11-7)6-2-1-5-15-6/h1-2,5H,3-4H2,(H,13,14)(H,10,11,12). The molecule has 0 aliphatic carbocycles. The van der Waals surface area contributed by atoms with Crippen molar-refractivity contribution < 1.29 is 9.90 Å². The zero-order chi connectivity index (χ0) is 10.7. The molecule has 0 bridgehead atoms. The van der Waals surface area contributed by atoms with Crippen LogP contribution in [-0.2, 0) is 11.2 Å². The van der Waals surface area contributed by atoms with Crippen molar-refractivity contribution in [2.24, 2.45) is 0 Å². The Balaban J connectivity index is 2.08. The van der Waals surface area contributed by atoms with Gasteiger partial charge < -0.3 is 5.11 Å². The molecule has 0 fully saturated rings. The molecule has 0 aliphatic heterocycles. The molecule has 0 atom stereocenters. The van der Waals surface area contributed by atoms with Crippen LogP contribution in [0.25, 0.3) is 10.7 Å². The first-order valence-corrected chi connectivity index (χ1v) is 5.30. The van der Waals surface area contributed by atoms with Crippen molar-refractivity contribution in [3.05, 3.63) is 23.3 Å². The highest BCUT2D eigenvalue weighted by molar-refractivity contribution is 7.13. The van der Waals surface area contributed by atoms with Crippen molar-refractivity contribution in [1.82, 2.24) is 15.2 Å². The van der Waals surface area contributed by atoms with E-state index in [1.54, 1.807) is 11.3 Å². The number of carboxylic acid groups (broad SMARTS) is 1. The third kappa shape index (κ3) is 2.41. The maximum absolute atomic E-state index is 10.3. The molecule has 78 valence electrons. The minimum absolute atomic E-state index is 0.0685. The lowest BCUT2D eigenvalue weighted by molar-refractivity contribution is -0.137. The Hall–Kier alpha value is -1.69. The lowest BCUT2D eigenvalue weighted by atomic mass is 10.3. The highest BCUT2D eigenvalue weighted by atomic mass is 32.1. The zero-order valence-corrected chi connectivity index (χ0v) is 8.62. The van der Waals surface area contributed by atoms with E-state index in [2.05, 4.69) is 15.2 Å². The van der Waals surface area contributed by atoms with Crippen molar-refractivity contribution in [3.8, 4) is 10.7 Å². The van der Waals surface area contributed by atoms with Crippen molar-refractivity contribution in [3.63, 3.8) is 0 Å². The molecule has 2 N–H and O–H groups in total. The molecule has 0 saturated heterocycles. The third-order valence-corrected chi connectivity index (χ3v) is 2.71. The summed E-state index contributed by atoms with van der Waals surface area (Å²) in [6, 6.07) is 3.85. The molecule has 0 saturated carbocycles. The van der Waals surface area contributed by atoms with Gasteiger partial charge in [0.05, 0.1) is 11.3 Å². The summed E-state index contributed by atoms with van der Waals surface area (Å²) in [5, 5.41) is 17.2. The topological polar surface area (TPSA) is 78.9 Å². The lowest BCUT2D eigenvalue weighted by Gasteiger charge is -1.89. The SMILES string of the molecule is O=C(O)CCc1nc(-c2cccs2)n[nH]1. The van der Waals surface area contributed by atoms with Crippen molar-refractivity contribution in [1.29, 1.82) is 0 Å². The van der Waals surface area contributed by atoms with Crippen LogP contribution in [0.4, 0.5) is 0 Å². The van der Waals surface area contributed by atoms with Crippen LogP contribution >= 0.6 is 11.3 Å². The van der Waals surface area contributed by atoms with E-state index in [0.717, 1.165) is 4.88 Å².